The van der Waals surface area contributed by atoms with Crippen LogP contribution in [-0.2, 0) is 0 Å². The molecular weight excluding hydrogens is 244 g/mol. The molecule has 0 aliphatic rings. The maximum atomic E-state index is 4.61. The average Bonchev–Trinajstić information content (AvgIpc) is 2.82. The molecule has 3 aromatic rings. The Morgan fingerprint density at radius 3 is 2.10 bits per heavy atom. The van der Waals surface area contributed by atoms with Gasteiger partial charge < -0.3 is 0 Å². The zero-order chi connectivity index (χ0) is 14.1. The molecule has 2 nitrogen and oxygen atoms in total. The summed E-state index contributed by atoms with van der Waals surface area (Å²) in [7, 11) is 0. The smallest absolute Gasteiger partial charge is 0.144 e. The number of benzene rings is 2. The minimum absolute atomic E-state index is 1.00. The van der Waals surface area contributed by atoms with Gasteiger partial charge in [-0.25, -0.2) is 4.98 Å². The van der Waals surface area contributed by atoms with Gasteiger partial charge in [0.1, 0.15) is 5.82 Å². The maximum Gasteiger partial charge on any atom is 0.144 e. The molecule has 3 rings (SSSR count). The van der Waals surface area contributed by atoms with Crippen LogP contribution >= 0.6 is 0 Å². The quantitative estimate of drug-likeness (QED) is 0.666. The highest BCUT2D eigenvalue weighted by Crippen LogP contribution is 2.27. The first-order valence-electron chi connectivity index (χ1n) is 6.85. The van der Waals surface area contributed by atoms with E-state index in [-0.39, 0.29) is 0 Å². The molecule has 0 saturated heterocycles. The summed E-state index contributed by atoms with van der Waals surface area (Å²) in [6.45, 7) is 6.40. The zero-order valence-electron chi connectivity index (χ0n) is 12.1. The second-order valence-corrected chi connectivity index (χ2v) is 5.17. The number of imidazole rings is 1. The summed E-state index contributed by atoms with van der Waals surface area (Å²) >= 11 is 0. The molecule has 2 aromatic carbocycles. The Balaban J connectivity index is 2.28. The van der Waals surface area contributed by atoms with Crippen molar-refractivity contribution in [3.8, 4) is 17.1 Å². The van der Waals surface area contributed by atoms with Gasteiger partial charge in [-0.05, 0) is 31.9 Å². The summed E-state index contributed by atoms with van der Waals surface area (Å²) in [6, 6.07) is 16.7. The highest BCUT2D eigenvalue weighted by molar-refractivity contribution is 5.62. The monoisotopic (exact) mass is 262 g/mol. The van der Waals surface area contributed by atoms with Crippen LogP contribution in [0, 0.1) is 20.8 Å². The molecule has 0 aliphatic heterocycles. The Morgan fingerprint density at radius 1 is 0.800 bits per heavy atom. The van der Waals surface area contributed by atoms with Crippen LogP contribution in [0.3, 0.4) is 0 Å². The van der Waals surface area contributed by atoms with Crippen molar-refractivity contribution in [2.45, 2.75) is 20.8 Å². The highest BCUT2D eigenvalue weighted by Gasteiger charge is 2.14. The Morgan fingerprint density at radius 2 is 1.45 bits per heavy atom. The normalized spacial score (nSPS) is 10.8. The molecule has 0 saturated carbocycles. The number of hydrogen-bond acceptors (Lipinski definition) is 1. The van der Waals surface area contributed by atoms with E-state index < -0.39 is 0 Å². The van der Waals surface area contributed by atoms with Gasteiger partial charge in [-0.2, -0.15) is 0 Å². The van der Waals surface area contributed by atoms with Crippen molar-refractivity contribution in [2.24, 2.45) is 0 Å². The van der Waals surface area contributed by atoms with Gasteiger partial charge in [-0.1, -0.05) is 48.5 Å². The van der Waals surface area contributed by atoms with Gasteiger partial charge in [-0.3, -0.25) is 4.57 Å². The molecule has 0 amide bonds. The number of aromatic nitrogens is 2. The van der Waals surface area contributed by atoms with E-state index in [1.54, 1.807) is 0 Å². The van der Waals surface area contributed by atoms with E-state index in [2.05, 4.69) is 60.7 Å². The molecule has 0 fully saturated rings. The minimum atomic E-state index is 1.00. The van der Waals surface area contributed by atoms with Gasteiger partial charge in [0.05, 0.1) is 5.69 Å². The van der Waals surface area contributed by atoms with Crippen LogP contribution in [0.2, 0.25) is 0 Å². The van der Waals surface area contributed by atoms with Crippen LogP contribution in [0.4, 0.5) is 0 Å². The molecule has 0 radical (unpaired) electrons. The van der Waals surface area contributed by atoms with E-state index in [0.717, 1.165) is 17.1 Å². The van der Waals surface area contributed by atoms with Crippen LogP contribution in [-0.4, -0.2) is 9.55 Å². The summed E-state index contributed by atoms with van der Waals surface area (Å²) in [4.78, 5) is 4.61. The van der Waals surface area contributed by atoms with Crippen LogP contribution in [0.1, 0.15) is 16.8 Å². The van der Waals surface area contributed by atoms with E-state index in [1.165, 1.54) is 16.8 Å². The molecule has 0 aliphatic carbocycles. The molecule has 1 heterocycles. The Hall–Kier alpha value is -2.35. The lowest BCUT2D eigenvalue weighted by Gasteiger charge is -2.15. The molecule has 1 aromatic heterocycles. The first kappa shape index (κ1) is 12.7. The lowest BCUT2D eigenvalue weighted by Crippen LogP contribution is -2.04. The first-order valence-corrected chi connectivity index (χ1v) is 6.85. The topological polar surface area (TPSA) is 17.8 Å². The maximum absolute atomic E-state index is 4.61. The van der Waals surface area contributed by atoms with Crippen molar-refractivity contribution in [3.63, 3.8) is 0 Å². The molecule has 0 unspecified atom stereocenters. The summed E-state index contributed by atoms with van der Waals surface area (Å²) in [5.74, 6) is 1.00. The van der Waals surface area contributed by atoms with E-state index >= 15 is 0 Å². The third-order valence-corrected chi connectivity index (χ3v) is 3.63. The van der Waals surface area contributed by atoms with Crippen molar-refractivity contribution in [3.05, 3.63) is 71.5 Å². The van der Waals surface area contributed by atoms with Gasteiger partial charge in [0.2, 0.25) is 0 Å². The SMILES string of the molecule is Cc1cccc(C)c1-n1c(C)cnc1-c1ccccc1. The van der Waals surface area contributed by atoms with Gasteiger partial charge in [0.15, 0.2) is 0 Å². The molecule has 100 valence electrons. The second kappa shape index (κ2) is 4.97. The molecule has 0 N–H and O–H groups in total. The van der Waals surface area contributed by atoms with Gasteiger partial charge >= 0.3 is 0 Å². The Bertz CT molecular complexity index is 719. The standard InChI is InChI=1S/C18H18N2/c1-13-8-7-9-14(2)17(13)20-15(3)12-19-18(20)16-10-5-4-6-11-16/h4-12H,1-3H3. The minimum Gasteiger partial charge on any atom is -0.297 e. The van der Waals surface area contributed by atoms with E-state index in [4.69, 9.17) is 0 Å². The fourth-order valence-electron chi connectivity index (χ4n) is 2.67. The van der Waals surface area contributed by atoms with Crippen LogP contribution in [0.25, 0.3) is 17.1 Å². The Kier molecular flexibility index (Phi) is 3.15. The number of rotatable bonds is 2. The largest absolute Gasteiger partial charge is 0.297 e. The predicted molar refractivity (Wildman–Crippen MR) is 83.2 cm³/mol. The van der Waals surface area contributed by atoms with Crippen molar-refractivity contribution in [2.75, 3.05) is 0 Å². The van der Waals surface area contributed by atoms with Crippen molar-refractivity contribution in [1.29, 1.82) is 0 Å². The Labute approximate surface area is 119 Å². The number of hydrogen-bond donors (Lipinski definition) is 0. The molecule has 2 heteroatoms. The van der Waals surface area contributed by atoms with Gasteiger partial charge in [0, 0.05) is 17.5 Å². The lowest BCUT2D eigenvalue weighted by molar-refractivity contribution is 0.987. The third kappa shape index (κ3) is 2.03. The number of aryl methyl sites for hydroxylation is 3. The van der Waals surface area contributed by atoms with Crippen LogP contribution in [0.15, 0.2) is 54.7 Å². The van der Waals surface area contributed by atoms with Crippen molar-refractivity contribution < 1.29 is 0 Å². The second-order valence-electron chi connectivity index (χ2n) is 5.17. The summed E-state index contributed by atoms with van der Waals surface area (Å²) in [5.41, 5.74) is 6.07. The van der Waals surface area contributed by atoms with E-state index in [9.17, 15) is 0 Å². The fraction of sp³-hybridized carbons (Fsp3) is 0.167. The average molecular weight is 262 g/mol. The molecule has 0 atom stereocenters. The molecule has 20 heavy (non-hydrogen) atoms. The van der Waals surface area contributed by atoms with Crippen molar-refractivity contribution in [1.82, 2.24) is 9.55 Å². The van der Waals surface area contributed by atoms with E-state index in [1.807, 2.05) is 24.4 Å². The summed E-state index contributed by atoms with van der Waals surface area (Å²) < 4.78 is 2.25. The van der Waals surface area contributed by atoms with Gasteiger partial charge in [-0.15, -0.1) is 0 Å². The van der Waals surface area contributed by atoms with Crippen LogP contribution < -0.4 is 0 Å². The predicted octanol–water partition coefficient (Wildman–Crippen LogP) is 4.46. The first-order chi connectivity index (χ1) is 9.68. The zero-order valence-corrected chi connectivity index (χ0v) is 12.1. The highest BCUT2D eigenvalue weighted by atomic mass is 15.1. The van der Waals surface area contributed by atoms with Crippen molar-refractivity contribution >= 4 is 0 Å². The molecule has 0 spiro atoms. The number of nitrogens with zero attached hydrogens (tertiary/aromatic N) is 2. The fourth-order valence-corrected chi connectivity index (χ4v) is 2.67. The number of para-hydroxylation sites is 1. The summed E-state index contributed by atoms with van der Waals surface area (Å²) in [5, 5.41) is 0. The third-order valence-electron chi connectivity index (χ3n) is 3.63. The van der Waals surface area contributed by atoms with Gasteiger partial charge in [0.25, 0.3) is 0 Å². The summed E-state index contributed by atoms with van der Waals surface area (Å²) in [6.07, 6.45) is 1.94. The van der Waals surface area contributed by atoms with Crippen LogP contribution in [0.5, 0.6) is 0 Å². The van der Waals surface area contributed by atoms with E-state index in [0.29, 0.717) is 0 Å². The molecule has 0 bridgehead atoms. The lowest BCUT2D eigenvalue weighted by atomic mass is 10.1. The molecular formula is C18H18N2.